The van der Waals surface area contributed by atoms with Crippen LogP contribution in [0.5, 0.6) is 5.88 Å². The lowest BCUT2D eigenvalue weighted by atomic mass is 10.1. The first kappa shape index (κ1) is 16.6. The number of likely N-dealkylation sites (tertiary alicyclic amines) is 1. The van der Waals surface area contributed by atoms with Gasteiger partial charge in [0.1, 0.15) is 12.1 Å². The average molecular weight is 345 g/mol. The van der Waals surface area contributed by atoms with Crippen molar-refractivity contribution in [1.29, 1.82) is 0 Å². The normalized spacial score (nSPS) is 25.5. The molecule has 4 rings (SSSR count). The maximum Gasteiger partial charge on any atom is 0.245 e. The van der Waals surface area contributed by atoms with Gasteiger partial charge in [0.2, 0.25) is 11.8 Å². The monoisotopic (exact) mass is 345 g/mol. The second-order valence-corrected chi connectivity index (χ2v) is 7.27. The zero-order valence-electron chi connectivity index (χ0n) is 14.7. The Labute approximate surface area is 148 Å². The van der Waals surface area contributed by atoms with Gasteiger partial charge < -0.3 is 19.7 Å². The van der Waals surface area contributed by atoms with Crippen molar-refractivity contribution in [2.75, 3.05) is 25.1 Å². The highest BCUT2D eigenvalue weighted by atomic mass is 16.5. The van der Waals surface area contributed by atoms with Gasteiger partial charge in [0.25, 0.3) is 0 Å². The molecule has 1 amide bonds. The number of hydrogen-bond acceptors (Lipinski definition) is 5. The number of hydrogen-bond donors (Lipinski definition) is 1. The van der Waals surface area contributed by atoms with E-state index < -0.39 is 0 Å². The molecule has 0 radical (unpaired) electrons. The molecule has 0 spiro atoms. The van der Waals surface area contributed by atoms with Crippen LogP contribution in [0, 0.1) is 0 Å². The van der Waals surface area contributed by atoms with Crippen molar-refractivity contribution in [2.45, 2.75) is 63.1 Å². The molecule has 136 valence electrons. The number of aromatic nitrogens is 1. The lowest BCUT2D eigenvalue weighted by Gasteiger charge is -2.31. The van der Waals surface area contributed by atoms with Crippen molar-refractivity contribution in [3.63, 3.8) is 0 Å². The average Bonchev–Trinajstić information content (AvgIpc) is 3.28. The quantitative estimate of drug-likeness (QED) is 0.889. The summed E-state index contributed by atoms with van der Waals surface area (Å²) in [5.41, 5.74) is 0.881. The third kappa shape index (κ3) is 3.89. The molecule has 25 heavy (non-hydrogen) atoms. The molecule has 3 heterocycles. The summed E-state index contributed by atoms with van der Waals surface area (Å²) >= 11 is 0. The predicted molar refractivity (Wildman–Crippen MR) is 94.7 cm³/mol. The highest BCUT2D eigenvalue weighted by Crippen LogP contribution is 2.25. The molecule has 1 saturated carbocycles. The summed E-state index contributed by atoms with van der Waals surface area (Å²) in [7, 11) is 0. The highest BCUT2D eigenvalue weighted by molar-refractivity contribution is 5.87. The topological polar surface area (TPSA) is 63.7 Å². The first-order valence-electron chi connectivity index (χ1n) is 9.57. The summed E-state index contributed by atoms with van der Waals surface area (Å²) in [5.74, 6) is 0.886. The van der Waals surface area contributed by atoms with Gasteiger partial charge in [0.15, 0.2) is 0 Å². The lowest BCUT2D eigenvalue weighted by Crippen LogP contribution is -2.43. The molecular weight excluding hydrogens is 318 g/mol. The van der Waals surface area contributed by atoms with Crippen LogP contribution in [-0.2, 0) is 9.53 Å². The van der Waals surface area contributed by atoms with Crippen LogP contribution in [0.4, 0.5) is 5.69 Å². The van der Waals surface area contributed by atoms with Crippen molar-refractivity contribution in [2.24, 2.45) is 0 Å². The molecule has 1 atom stereocenters. The van der Waals surface area contributed by atoms with Gasteiger partial charge in [-0.25, -0.2) is 4.98 Å². The van der Waals surface area contributed by atoms with Gasteiger partial charge in [-0.3, -0.25) is 4.79 Å². The summed E-state index contributed by atoms with van der Waals surface area (Å²) in [6, 6.07) is 4.05. The standard InChI is InChI=1S/C19H27N3O3/c23-19-17(7-10-22(19)15-8-11-24-12-9-15)21-14-5-6-18(20-13-14)25-16-3-1-2-4-16/h5-6,13,15-17,21H,1-4,7-12H2. The van der Waals surface area contributed by atoms with E-state index in [4.69, 9.17) is 9.47 Å². The number of anilines is 1. The minimum atomic E-state index is -0.147. The molecule has 6 nitrogen and oxygen atoms in total. The van der Waals surface area contributed by atoms with E-state index in [0.29, 0.717) is 18.0 Å². The van der Waals surface area contributed by atoms with Crippen LogP contribution in [0.25, 0.3) is 0 Å². The molecular formula is C19H27N3O3. The first-order valence-corrected chi connectivity index (χ1v) is 9.57. The fourth-order valence-electron chi connectivity index (χ4n) is 4.11. The maximum atomic E-state index is 12.7. The highest BCUT2D eigenvalue weighted by Gasteiger charge is 2.36. The Morgan fingerprint density at radius 3 is 2.64 bits per heavy atom. The second-order valence-electron chi connectivity index (χ2n) is 7.27. The van der Waals surface area contributed by atoms with Crippen LogP contribution in [0.2, 0.25) is 0 Å². The van der Waals surface area contributed by atoms with Crippen molar-refractivity contribution in [1.82, 2.24) is 9.88 Å². The first-order chi connectivity index (χ1) is 12.3. The van der Waals surface area contributed by atoms with Gasteiger partial charge in [-0.15, -0.1) is 0 Å². The van der Waals surface area contributed by atoms with E-state index in [1.165, 1.54) is 12.8 Å². The summed E-state index contributed by atoms with van der Waals surface area (Å²) < 4.78 is 11.3. The molecule has 3 fully saturated rings. The lowest BCUT2D eigenvalue weighted by molar-refractivity contribution is -0.131. The number of rotatable bonds is 5. The molecule has 1 aliphatic carbocycles. The summed E-state index contributed by atoms with van der Waals surface area (Å²) in [4.78, 5) is 19.1. The van der Waals surface area contributed by atoms with Gasteiger partial charge in [-0.1, -0.05) is 0 Å². The van der Waals surface area contributed by atoms with E-state index in [1.807, 2.05) is 17.0 Å². The Morgan fingerprint density at radius 2 is 1.92 bits per heavy atom. The number of amides is 1. The molecule has 1 unspecified atom stereocenters. The molecule has 0 aromatic carbocycles. The molecule has 1 aromatic rings. The number of carbonyl (C=O) groups is 1. The predicted octanol–water partition coefficient (Wildman–Crippen LogP) is 2.59. The molecule has 6 heteroatoms. The van der Waals surface area contributed by atoms with Crippen LogP contribution >= 0.6 is 0 Å². The zero-order valence-corrected chi connectivity index (χ0v) is 14.7. The van der Waals surface area contributed by atoms with Gasteiger partial charge in [0.05, 0.1) is 11.9 Å². The Morgan fingerprint density at radius 1 is 1.12 bits per heavy atom. The van der Waals surface area contributed by atoms with E-state index in [-0.39, 0.29) is 11.9 Å². The van der Waals surface area contributed by atoms with E-state index >= 15 is 0 Å². The number of ether oxygens (including phenoxy) is 2. The van der Waals surface area contributed by atoms with Gasteiger partial charge in [-0.05, 0) is 51.0 Å². The summed E-state index contributed by atoms with van der Waals surface area (Å²) in [5, 5.41) is 3.34. The SMILES string of the molecule is O=C1C(Nc2ccc(OC3CCCC3)nc2)CCN1C1CCOCC1. The fourth-order valence-corrected chi connectivity index (χ4v) is 4.11. The van der Waals surface area contributed by atoms with Crippen LogP contribution in [0.15, 0.2) is 18.3 Å². The van der Waals surface area contributed by atoms with Gasteiger partial charge in [-0.2, -0.15) is 0 Å². The van der Waals surface area contributed by atoms with E-state index in [0.717, 1.165) is 57.6 Å². The van der Waals surface area contributed by atoms with Crippen LogP contribution in [-0.4, -0.2) is 53.7 Å². The Bertz CT molecular complexity index is 580. The molecule has 2 saturated heterocycles. The number of nitrogens with zero attached hydrogens (tertiary/aromatic N) is 2. The minimum absolute atomic E-state index is 0.147. The minimum Gasteiger partial charge on any atom is -0.474 e. The molecule has 3 aliphatic rings. The summed E-state index contributed by atoms with van der Waals surface area (Å²) in [6.45, 7) is 2.36. The Kier molecular flexibility index (Phi) is 5.06. The van der Waals surface area contributed by atoms with Crippen LogP contribution in [0.1, 0.15) is 44.9 Å². The van der Waals surface area contributed by atoms with Crippen molar-refractivity contribution in [3.8, 4) is 5.88 Å². The fraction of sp³-hybridized carbons (Fsp3) is 0.684. The largest absolute Gasteiger partial charge is 0.474 e. The van der Waals surface area contributed by atoms with Crippen LogP contribution < -0.4 is 10.1 Å². The van der Waals surface area contributed by atoms with E-state index in [1.54, 1.807) is 6.20 Å². The molecule has 0 bridgehead atoms. The Balaban J connectivity index is 1.31. The number of pyridine rings is 1. The van der Waals surface area contributed by atoms with Gasteiger partial charge in [0, 0.05) is 31.9 Å². The third-order valence-electron chi connectivity index (χ3n) is 5.54. The third-order valence-corrected chi connectivity index (χ3v) is 5.54. The molecule has 1 N–H and O–H groups in total. The van der Waals surface area contributed by atoms with Crippen molar-refractivity contribution < 1.29 is 14.3 Å². The Hall–Kier alpha value is -1.82. The van der Waals surface area contributed by atoms with Crippen molar-refractivity contribution in [3.05, 3.63) is 18.3 Å². The van der Waals surface area contributed by atoms with E-state index in [2.05, 4.69) is 10.3 Å². The number of nitrogens with one attached hydrogen (secondary N) is 1. The number of carbonyl (C=O) groups excluding carboxylic acids is 1. The van der Waals surface area contributed by atoms with Crippen LogP contribution in [0.3, 0.4) is 0 Å². The van der Waals surface area contributed by atoms with Crippen molar-refractivity contribution >= 4 is 11.6 Å². The molecule has 1 aromatic heterocycles. The second kappa shape index (κ2) is 7.60. The van der Waals surface area contributed by atoms with Gasteiger partial charge >= 0.3 is 0 Å². The smallest absolute Gasteiger partial charge is 0.245 e. The van der Waals surface area contributed by atoms with E-state index in [9.17, 15) is 4.79 Å². The maximum absolute atomic E-state index is 12.7. The molecule has 2 aliphatic heterocycles. The summed E-state index contributed by atoms with van der Waals surface area (Å²) in [6.07, 6.45) is 9.58. The zero-order chi connectivity index (χ0) is 17.1.